The minimum Gasteiger partial charge on any atom is -0.348 e. The van der Waals surface area contributed by atoms with Crippen molar-refractivity contribution in [1.29, 1.82) is 5.26 Å². The molecule has 1 aliphatic carbocycles. The second-order valence-corrected chi connectivity index (χ2v) is 6.00. The molecular weight excluding hydrogens is 321 g/mol. The van der Waals surface area contributed by atoms with Crippen molar-refractivity contribution in [1.82, 2.24) is 10.2 Å². The molecule has 23 heavy (non-hydrogen) atoms. The van der Waals surface area contributed by atoms with Gasteiger partial charge in [0.1, 0.15) is 5.82 Å². The van der Waals surface area contributed by atoms with E-state index in [4.69, 9.17) is 16.9 Å². The van der Waals surface area contributed by atoms with E-state index in [1.807, 2.05) is 0 Å². The number of carbonyl (C=O) groups is 2. The van der Waals surface area contributed by atoms with E-state index in [1.54, 1.807) is 6.19 Å². The Morgan fingerprint density at radius 2 is 2.09 bits per heavy atom. The first-order valence-corrected chi connectivity index (χ1v) is 7.75. The van der Waals surface area contributed by atoms with Gasteiger partial charge in [-0.25, -0.2) is 4.39 Å². The first kappa shape index (κ1) is 17.2. The summed E-state index contributed by atoms with van der Waals surface area (Å²) in [6.07, 6.45) is 4.83. The number of nitrogens with zero attached hydrogens (tertiary/aromatic N) is 2. The maximum Gasteiger partial charge on any atom is 0.253 e. The van der Waals surface area contributed by atoms with Crippen LogP contribution in [0.5, 0.6) is 0 Å². The van der Waals surface area contributed by atoms with Crippen molar-refractivity contribution in [3.63, 3.8) is 0 Å². The van der Waals surface area contributed by atoms with Crippen LogP contribution in [-0.2, 0) is 4.79 Å². The van der Waals surface area contributed by atoms with Crippen LogP contribution < -0.4 is 5.32 Å². The Balaban J connectivity index is 2.14. The van der Waals surface area contributed by atoms with Gasteiger partial charge in [-0.05, 0) is 31.0 Å². The van der Waals surface area contributed by atoms with Gasteiger partial charge in [0.15, 0.2) is 6.19 Å². The van der Waals surface area contributed by atoms with Gasteiger partial charge in [-0.1, -0.05) is 24.4 Å². The zero-order valence-electron chi connectivity index (χ0n) is 12.7. The molecule has 0 unspecified atom stereocenters. The standard InChI is InChI=1S/C16H17ClFN3O2/c1-21(9-19)16(23)12-4-2-3-5-14(12)20-15(22)11-7-6-10(18)8-13(11)17/h6-8,12,14H,2-5H2,1H3,(H,20,22)/t12-,14-/m1/s1. The number of carbonyl (C=O) groups excluding carboxylic acids is 2. The van der Waals surface area contributed by atoms with Gasteiger partial charge < -0.3 is 5.32 Å². The summed E-state index contributed by atoms with van der Waals surface area (Å²) in [6, 6.07) is 3.19. The highest BCUT2D eigenvalue weighted by atomic mass is 35.5. The van der Waals surface area contributed by atoms with Gasteiger partial charge in [-0.3, -0.25) is 14.5 Å². The van der Waals surface area contributed by atoms with E-state index in [9.17, 15) is 14.0 Å². The summed E-state index contributed by atoms with van der Waals surface area (Å²) in [5, 5.41) is 11.7. The molecule has 2 atom stereocenters. The Bertz CT molecular complexity index is 659. The highest BCUT2D eigenvalue weighted by Crippen LogP contribution is 2.27. The van der Waals surface area contributed by atoms with Gasteiger partial charge in [-0.15, -0.1) is 0 Å². The predicted octanol–water partition coefficient (Wildman–Crippen LogP) is 2.71. The third-order valence-electron chi connectivity index (χ3n) is 4.06. The summed E-state index contributed by atoms with van der Waals surface area (Å²) < 4.78 is 13.1. The van der Waals surface area contributed by atoms with Crippen molar-refractivity contribution >= 4 is 23.4 Å². The van der Waals surface area contributed by atoms with E-state index < -0.39 is 17.6 Å². The zero-order chi connectivity index (χ0) is 17.0. The van der Waals surface area contributed by atoms with Gasteiger partial charge in [0.05, 0.1) is 16.5 Å². The van der Waals surface area contributed by atoms with Crippen LogP contribution in [0.25, 0.3) is 0 Å². The van der Waals surface area contributed by atoms with Crippen molar-refractivity contribution < 1.29 is 14.0 Å². The Hall–Kier alpha value is -2.13. The predicted molar refractivity (Wildman–Crippen MR) is 83.0 cm³/mol. The summed E-state index contributed by atoms with van der Waals surface area (Å²) in [5.74, 6) is -1.70. The van der Waals surface area contributed by atoms with Gasteiger partial charge in [0, 0.05) is 13.1 Å². The van der Waals surface area contributed by atoms with E-state index in [0.29, 0.717) is 12.8 Å². The molecule has 7 heteroatoms. The number of rotatable bonds is 3. The fraction of sp³-hybridized carbons (Fsp3) is 0.438. The van der Waals surface area contributed by atoms with Crippen LogP contribution in [0.15, 0.2) is 18.2 Å². The van der Waals surface area contributed by atoms with Crippen LogP contribution in [0.1, 0.15) is 36.0 Å². The number of hydrogen-bond acceptors (Lipinski definition) is 3. The van der Waals surface area contributed by atoms with Gasteiger partial charge in [0.25, 0.3) is 5.91 Å². The Morgan fingerprint density at radius 3 is 2.74 bits per heavy atom. The lowest BCUT2D eigenvalue weighted by atomic mass is 9.83. The monoisotopic (exact) mass is 337 g/mol. The number of nitriles is 1. The van der Waals surface area contributed by atoms with Crippen LogP contribution in [0.4, 0.5) is 4.39 Å². The van der Waals surface area contributed by atoms with Gasteiger partial charge in [0.2, 0.25) is 5.91 Å². The highest BCUT2D eigenvalue weighted by molar-refractivity contribution is 6.33. The molecule has 0 bridgehead atoms. The third-order valence-corrected chi connectivity index (χ3v) is 4.37. The molecule has 0 aliphatic heterocycles. The molecule has 0 heterocycles. The lowest BCUT2D eigenvalue weighted by Crippen LogP contribution is -2.48. The largest absolute Gasteiger partial charge is 0.348 e. The second kappa shape index (κ2) is 7.42. The SMILES string of the molecule is CN(C#N)C(=O)[C@@H]1CCCC[C@H]1NC(=O)c1ccc(F)cc1Cl. The third kappa shape index (κ3) is 3.99. The van der Waals surface area contributed by atoms with E-state index >= 15 is 0 Å². The van der Waals surface area contributed by atoms with Crippen molar-refractivity contribution in [2.24, 2.45) is 5.92 Å². The van der Waals surface area contributed by atoms with Gasteiger partial charge in [-0.2, -0.15) is 5.26 Å². The van der Waals surface area contributed by atoms with Crippen LogP contribution in [0, 0.1) is 23.2 Å². The van der Waals surface area contributed by atoms with Gasteiger partial charge >= 0.3 is 0 Å². The Morgan fingerprint density at radius 1 is 1.39 bits per heavy atom. The minimum absolute atomic E-state index is 0.0235. The van der Waals surface area contributed by atoms with Crippen molar-refractivity contribution in [3.8, 4) is 6.19 Å². The molecule has 0 radical (unpaired) electrons. The molecule has 1 saturated carbocycles. The summed E-state index contributed by atoms with van der Waals surface area (Å²) in [6.45, 7) is 0. The summed E-state index contributed by atoms with van der Waals surface area (Å²) in [4.78, 5) is 25.6. The van der Waals surface area contributed by atoms with Crippen molar-refractivity contribution in [3.05, 3.63) is 34.6 Å². The zero-order valence-corrected chi connectivity index (χ0v) is 13.4. The number of amides is 2. The highest BCUT2D eigenvalue weighted by Gasteiger charge is 2.34. The molecule has 1 fully saturated rings. The molecule has 1 aromatic carbocycles. The lowest BCUT2D eigenvalue weighted by molar-refractivity contribution is -0.133. The molecule has 0 saturated heterocycles. The van der Waals surface area contributed by atoms with Crippen molar-refractivity contribution in [2.45, 2.75) is 31.7 Å². The van der Waals surface area contributed by atoms with Crippen LogP contribution in [-0.4, -0.2) is 29.8 Å². The van der Waals surface area contributed by atoms with Crippen LogP contribution >= 0.6 is 11.6 Å². The lowest BCUT2D eigenvalue weighted by Gasteiger charge is -2.32. The Kier molecular flexibility index (Phi) is 5.56. The topological polar surface area (TPSA) is 73.2 Å². The van der Waals surface area contributed by atoms with E-state index in [2.05, 4.69) is 5.32 Å². The van der Waals surface area contributed by atoms with E-state index in [-0.39, 0.29) is 22.5 Å². The Labute approximate surface area is 139 Å². The summed E-state index contributed by atoms with van der Waals surface area (Å²) >= 11 is 5.89. The van der Waals surface area contributed by atoms with Crippen LogP contribution in [0.3, 0.4) is 0 Å². The molecular formula is C16H17ClFN3O2. The normalized spacial score (nSPS) is 20.4. The molecule has 1 aromatic rings. The number of nitrogens with one attached hydrogen (secondary N) is 1. The van der Waals surface area contributed by atoms with Crippen molar-refractivity contribution in [2.75, 3.05) is 7.05 Å². The number of benzene rings is 1. The molecule has 2 amide bonds. The van der Waals surface area contributed by atoms with E-state index in [1.165, 1.54) is 13.1 Å². The average molecular weight is 338 g/mol. The summed E-state index contributed by atoms with van der Waals surface area (Å²) in [7, 11) is 1.41. The molecule has 1 N–H and O–H groups in total. The maximum absolute atomic E-state index is 13.1. The summed E-state index contributed by atoms with van der Waals surface area (Å²) in [5.41, 5.74) is 0.165. The second-order valence-electron chi connectivity index (χ2n) is 5.59. The van der Waals surface area contributed by atoms with E-state index in [0.717, 1.165) is 29.9 Å². The quantitative estimate of drug-likeness (QED) is 0.680. The van der Waals surface area contributed by atoms with Crippen LogP contribution in [0.2, 0.25) is 5.02 Å². The fourth-order valence-corrected chi connectivity index (χ4v) is 3.07. The maximum atomic E-state index is 13.1. The molecule has 0 aromatic heterocycles. The first-order valence-electron chi connectivity index (χ1n) is 7.37. The first-order chi connectivity index (χ1) is 10.9. The smallest absolute Gasteiger partial charge is 0.253 e. The number of hydrogen-bond donors (Lipinski definition) is 1. The average Bonchev–Trinajstić information content (AvgIpc) is 2.53. The molecule has 2 rings (SSSR count). The molecule has 122 valence electrons. The number of halogens is 2. The molecule has 0 spiro atoms. The molecule has 5 nitrogen and oxygen atoms in total. The minimum atomic E-state index is -0.520. The molecule has 1 aliphatic rings. The fourth-order valence-electron chi connectivity index (χ4n) is 2.82.